The van der Waals surface area contributed by atoms with Crippen molar-refractivity contribution in [1.29, 1.82) is 0 Å². The van der Waals surface area contributed by atoms with Crippen LogP contribution < -0.4 is 5.32 Å². The van der Waals surface area contributed by atoms with Crippen molar-refractivity contribution in [1.82, 2.24) is 10.2 Å². The van der Waals surface area contributed by atoms with Gasteiger partial charge in [-0.05, 0) is 127 Å². The monoisotopic (exact) mass is 736 g/mol. The number of likely N-dealkylation sites (tertiary alicyclic amines) is 1. The summed E-state index contributed by atoms with van der Waals surface area (Å²) in [7, 11) is 5.28. The molecule has 2 aromatic rings. The minimum absolute atomic E-state index is 0.0743. The number of aliphatic hydroxyl groups is 1. The highest BCUT2D eigenvalue weighted by Crippen LogP contribution is 2.43. The number of carbonyl (C=O) groups excluding carboxylic acids is 1. The van der Waals surface area contributed by atoms with Crippen molar-refractivity contribution < 1.29 is 28.8 Å². The molecule has 2 heterocycles. The third kappa shape index (κ3) is 12.6. The van der Waals surface area contributed by atoms with Gasteiger partial charge in [0, 0.05) is 76.1 Å². The Balaban J connectivity index is 0.000000278. The fourth-order valence-electron chi connectivity index (χ4n) is 7.45. The second kappa shape index (κ2) is 21.0. The summed E-state index contributed by atoms with van der Waals surface area (Å²) in [4.78, 5) is 14.3. The van der Waals surface area contributed by atoms with Gasteiger partial charge in [-0.15, -0.1) is 0 Å². The van der Waals surface area contributed by atoms with Crippen LogP contribution in [0.1, 0.15) is 96.1 Å². The van der Waals surface area contributed by atoms with E-state index in [1.165, 1.54) is 18.4 Å². The fraction of sp³-hybridized carbons (Fsp3) is 0.675. The third-order valence-corrected chi connectivity index (χ3v) is 10.5. The van der Waals surface area contributed by atoms with Crippen LogP contribution in [0.4, 0.5) is 4.79 Å². The van der Waals surface area contributed by atoms with E-state index in [1.807, 2.05) is 64.3 Å². The number of carbonyl (C=O) groups is 1. The number of hydrogen-bond acceptors (Lipinski definition) is 7. The molecular formula is C40H62Cl2N2O6. The number of piperidine rings is 2. The number of halogens is 2. The summed E-state index contributed by atoms with van der Waals surface area (Å²) < 4.78 is 22.0. The predicted octanol–water partition coefficient (Wildman–Crippen LogP) is 8.99. The van der Waals surface area contributed by atoms with Gasteiger partial charge in [0.1, 0.15) is 5.60 Å². The van der Waals surface area contributed by atoms with Gasteiger partial charge in [0.05, 0.1) is 11.2 Å². The molecule has 2 N–H and O–H groups in total. The molecule has 282 valence electrons. The maximum atomic E-state index is 12.6. The Morgan fingerprint density at radius 2 is 1.46 bits per heavy atom. The van der Waals surface area contributed by atoms with Crippen molar-refractivity contribution in [2.45, 2.75) is 102 Å². The molecule has 0 aliphatic carbocycles. The Labute approximate surface area is 311 Å². The number of benzene rings is 2. The van der Waals surface area contributed by atoms with Crippen molar-refractivity contribution in [2.75, 3.05) is 60.7 Å². The van der Waals surface area contributed by atoms with Crippen LogP contribution in [0.25, 0.3) is 0 Å². The summed E-state index contributed by atoms with van der Waals surface area (Å²) in [5.74, 6) is 0.405. The van der Waals surface area contributed by atoms with E-state index < -0.39 is 11.2 Å². The van der Waals surface area contributed by atoms with Gasteiger partial charge in [0.25, 0.3) is 0 Å². The lowest BCUT2D eigenvalue weighted by atomic mass is 9.74. The summed E-state index contributed by atoms with van der Waals surface area (Å²) in [5, 5.41) is 16.7. The van der Waals surface area contributed by atoms with Crippen LogP contribution in [0.3, 0.4) is 0 Å². The number of rotatable bonds is 15. The van der Waals surface area contributed by atoms with Gasteiger partial charge in [-0.25, -0.2) is 4.79 Å². The van der Waals surface area contributed by atoms with Gasteiger partial charge in [-0.1, -0.05) is 47.5 Å². The molecule has 2 aliphatic rings. The molecule has 2 aromatic carbocycles. The molecule has 0 bridgehead atoms. The van der Waals surface area contributed by atoms with Crippen LogP contribution in [0.2, 0.25) is 10.0 Å². The lowest BCUT2D eigenvalue weighted by molar-refractivity contribution is -0.0800. The highest BCUT2D eigenvalue weighted by atomic mass is 35.5. The molecule has 2 fully saturated rings. The zero-order chi connectivity index (χ0) is 36.6. The van der Waals surface area contributed by atoms with Gasteiger partial charge in [-0.2, -0.15) is 0 Å². The van der Waals surface area contributed by atoms with Crippen LogP contribution >= 0.6 is 23.2 Å². The molecular weight excluding hydrogens is 675 g/mol. The lowest BCUT2D eigenvalue weighted by Crippen LogP contribution is -2.49. The van der Waals surface area contributed by atoms with Gasteiger partial charge in [-0.3, -0.25) is 0 Å². The van der Waals surface area contributed by atoms with E-state index in [4.69, 9.17) is 42.1 Å². The van der Waals surface area contributed by atoms with Gasteiger partial charge in [0.15, 0.2) is 0 Å². The van der Waals surface area contributed by atoms with Crippen LogP contribution in [0, 0.1) is 11.8 Å². The third-order valence-electron chi connectivity index (χ3n) is 10.0. The molecule has 4 rings (SSSR count). The van der Waals surface area contributed by atoms with E-state index in [2.05, 4.69) is 17.4 Å². The summed E-state index contributed by atoms with van der Waals surface area (Å²) in [6.45, 7) is 10.3. The first kappa shape index (κ1) is 42.5. The van der Waals surface area contributed by atoms with E-state index in [0.717, 1.165) is 75.2 Å². The highest BCUT2D eigenvalue weighted by molar-refractivity contribution is 6.30. The molecule has 0 unspecified atom stereocenters. The molecule has 2 saturated heterocycles. The van der Waals surface area contributed by atoms with Crippen molar-refractivity contribution in [2.24, 2.45) is 11.8 Å². The number of ether oxygens (including phenoxy) is 4. The minimum atomic E-state index is -1.04. The second-order valence-corrected chi connectivity index (χ2v) is 15.6. The summed E-state index contributed by atoms with van der Waals surface area (Å²) in [6, 6.07) is 15.6. The van der Waals surface area contributed by atoms with Gasteiger partial charge in [0.2, 0.25) is 0 Å². The molecule has 8 nitrogen and oxygen atoms in total. The zero-order valence-electron chi connectivity index (χ0n) is 31.3. The maximum absolute atomic E-state index is 12.6. The van der Waals surface area contributed by atoms with Crippen LogP contribution in [-0.4, -0.2) is 82.4 Å². The molecule has 4 atom stereocenters. The average molecular weight is 738 g/mol. The zero-order valence-corrected chi connectivity index (χ0v) is 32.8. The number of nitrogens with zero attached hydrogens (tertiary/aromatic N) is 1. The van der Waals surface area contributed by atoms with Crippen LogP contribution in [-0.2, 0) is 30.1 Å². The molecule has 0 radical (unpaired) electrons. The number of hydrogen-bond donors (Lipinski definition) is 2. The van der Waals surface area contributed by atoms with E-state index in [9.17, 15) is 9.90 Å². The van der Waals surface area contributed by atoms with E-state index in [-0.39, 0.29) is 17.6 Å². The minimum Gasteiger partial charge on any atom is -0.444 e. The first-order valence-electron chi connectivity index (χ1n) is 18.3. The predicted molar refractivity (Wildman–Crippen MR) is 203 cm³/mol. The Morgan fingerprint density at radius 3 is 2.02 bits per heavy atom. The molecule has 50 heavy (non-hydrogen) atoms. The largest absolute Gasteiger partial charge is 0.444 e. The smallest absolute Gasteiger partial charge is 0.410 e. The Bertz CT molecular complexity index is 1290. The standard InChI is InChI=1S/C22H34ClNO4.C18H28ClNO2/c1-21(2,3)28-20(25)24-13-8-10-18(16-24)22(26,12-5-6-14-27-4)17-9-7-11-19(23)15-17;1-21-12-4-3-10-18(22-2,16-8-6-11-20-14-16)15-7-5-9-17(19)13-15/h7,9,11,15,18,26H,5-6,8,10,12-14,16H2,1-4H3;5,7,9,13,16,20H,3-4,6,8,10-12,14H2,1-2H3/t18-,22-;16-,18-/m11/s1. The van der Waals surface area contributed by atoms with E-state index in [1.54, 1.807) is 19.1 Å². The molecule has 2 aliphatic heterocycles. The first-order chi connectivity index (χ1) is 23.9. The molecule has 0 saturated carbocycles. The molecule has 10 heteroatoms. The summed E-state index contributed by atoms with van der Waals surface area (Å²) >= 11 is 12.4. The molecule has 1 amide bonds. The lowest BCUT2D eigenvalue weighted by Gasteiger charge is -2.43. The van der Waals surface area contributed by atoms with Gasteiger partial charge < -0.3 is 34.3 Å². The first-order valence-corrected chi connectivity index (χ1v) is 19.1. The number of methoxy groups -OCH3 is 3. The molecule has 0 aromatic heterocycles. The SMILES string of the molecule is COCCCC[C@@](O)(c1cccc(Cl)c1)[C@@H]1CCCN(C(=O)OC(C)(C)C)C1.COCCCC[C@@](OC)(c1cccc(Cl)c1)[C@@H]1CCCNC1. The Hall–Kier alpha value is -1.91. The maximum Gasteiger partial charge on any atom is 0.410 e. The Kier molecular flexibility index (Phi) is 17.8. The van der Waals surface area contributed by atoms with Crippen LogP contribution in [0.15, 0.2) is 48.5 Å². The normalized spacial score (nSPS) is 20.6. The average Bonchev–Trinajstić information content (AvgIpc) is 3.10. The number of amides is 1. The fourth-order valence-corrected chi connectivity index (χ4v) is 7.83. The molecule has 0 spiro atoms. The van der Waals surface area contributed by atoms with Crippen LogP contribution in [0.5, 0.6) is 0 Å². The van der Waals surface area contributed by atoms with Gasteiger partial charge >= 0.3 is 6.09 Å². The van der Waals surface area contributed by atoms with Crippen molar-refractivity contribution in [3.8, 4) is 0 Å². The summed E-state index contributed by atoms with van der Waals surface area (Å²) in [6.07, 6.45) is 9.23. The quantitative estimate of drug-likeness (QED) is 0.177. The number of nitrogens with one attached hydrogen (secondary N) is 1. The van der Waals surface area contributed by atoms with Crippen molar-refractivity contribution >= 4 is 29.3 Å². The highest BCUT2D eigenvalue weighted by Gasteiger charge is 2.42. The summed E-state index contributed by atoms with van der Waals surface area (Å²) in [5.41, 5.74) is 0.181. The van der Waals surface area contributed by atoms with E-state index in [0.29, 0.717) is 37.1 Å². The Morgan fingerprint density at radius 1 is 0.860 bits per heavy atom. The van der Waals surface area contributed by atoms with Crippen molar-refractivity contribution in [3.05, 3.63) is 69.7 Å². The topological polar surface area (TPSA) is 89.5 Å². The number of unbranched alkanes of at least 4 members (excludes halogenated alkanes) is 2. The van der Waals surface area contributed by atoms with Crippen molar-refractivity contribution in [3.63, 3.8) is 0 Å². The van der Waals surface area contributed by atoms with E-state index >= 15 is 0 Å². The second-order valence-electron chi connectivity index (χ2n) is 14.7.